The predicted molar refractivity (Wildman–Crippen MR) is 402 cm³/mol. The fraction of sp³-hybridized carbons (Fsp3) is 0.688. The van der Waals surface area contributed by atoms with E-state index in [9.17, 15) is 63.3 Å². The quantitative estimate of drug-likeness (QED) is 0.0856. The van der Waals surface area contributed by atoms with Crippen LogP contribution in [0.5, 0.6) is 11.5 Å². The fourth-order valence-corrected chi connectivity index (χ4v) is 12.6. The molecule has 27 heteroatoms. The molecule has 0 saturated carbocycles. The minimum Gasteiger partial charge on any atom is -0.507 e. The zero-order valence-corrected chi connectivity index (χ0v) is 67.2. The van der Waals surface area contributed by atoms with Gasteiger partial charge in [-0.2, -0.15) is 0 Å². The molecule has 12 atom stereocenters. The number of nitrogens with one attached hydrogen (secondary N) is 4. The maximum absolute atomic E-state index is 15.1. The van der Waals surface area contributed by atoms with Gasteiger partial charge >= 0.3 is 0 Å². The molecule has 1 aromatic carbocycles. The SMILES string of the molecule is CC(C)=CCc1c(O)cc2oc(C)cc(=O)c2c1O.CC=CCC(C)C(O)C1C(=O)NC(CC)C(=O)N(C)CC(=O)N(C)C(CC(C)C)C(=O)NC(C(C)C)C(=O)N(C)C(CC(C)C)C(=O)NC(C)C(=O)NC(C)C(=O)N(C)C(CC(C)C)C(=O)N(C)C(CC(C)C)C(=O)N(C)C(C(C)C)C(=O)N1C. The number of aliphatic hydroxyl groups is 1. The first-order chi connectivity index (χ1) is 48.1. The summed E-state index contributed by atoms with van der Waals surface area (Å²) in [5, 5.41) is 43.3. The molecular weight excluding hydrogens is 1330 g/mol. The van der Waals surface area contributed by atoms with Crippen molar-refractivity contribution in [2.75, 3.05) is 55.9 Å². The van der Waals surface area contributed by atoms with E-state index in [0.717, 1.165) is 15.4 Å². The van der Waals surface area contributed by atoms with Gasteiger partial charge in [-0.25, -0.2) is 0 Å². The normalized spacial score (nSPS) is 23.9. The third-order valence-electron chi connectivity index (χ3n) is 19.0. The molecule has 0 spiro atoms. The summed E-state index contributed by atoms with van der Waals surface area (Å²) in [7, 11) is 9.92. The van der Waals surface area contributed by atoms with E-state index in [4.69, 9.17) is 4.42 Å². The number of allylic oxidation sites excluding steroid dienone is 4. The van der Waals surface area contributed by atoms with E-state index in [0.29, 0.717) is 24.2 Å². The molecule has 586 valence electrons. The molecule has 0 bridgehead atoms. The van der Waals surface area contributed by atoms with Crippen LogP contribution < -0.4 is 26.7 Å². The van der Waals surface area contributed by atoms with Gasteiger partial charge in [-0.05, 0) is 128 Å². The van der Waals surface area contributed by atoms with Crippen molar-refractivity contribution in [2.24, 2.45) is 41.4 Å². The molecule has 2 heterocycles. The summed E-state index contributed by atoms with van der Waals surface area (Å²) >= 11 is 0. The van der Waals surface area contributed by atoms with Crippen LogP contribution in [0.25, 0.3) is 11.0 Å². The first kappa shape index (κ1) is 91.7. The molecule has 1 aliphatic heterocycles. The minimum atomic E-state index is -1.61. The van der Waals surface area contributed by atoms with E-state index < -0.39 is 156 Å². The monoisotopic (exact) mass is 1460 g/mol. The lowest BCUT2D eigenvalue weighted by molar-refractivity contribution is -0.157. The van der Waals surface area contributed by atoms with Gasteiger partial charge < -0.3 is 75.3 Å². The zero-order chi connectivity index (χ0) is 80.1. The molecule has 104 heavy (non-hydrogen) atoms. The molecule has 1 aromatic heterocycles. The van der Waals surface area contributed by atoms with E-state index in [-0.39, 0.29) is 83.7 Å². The summed E-state index contributed by atoms with van der Waals surface area (Å²) < 4.78 is 5.35. The van der Waals surface area contributed by atoms with Crippen LogP contribution in [0, 0.1) is 48.3 Å². The van der Waals surface area contributed by atoms with E-state index >= 15 is 9.59 Å². The highest BCUT2D eigenvalue weighted by Crippen LogP contribution is 2.35. The van der Waals surface area contributed by atoms with Gasteiger partial charge in [-0.15, -0.1) is 0 Å². The highest BCUT2D eigenvalue weighted by molar-refractivity contribution is 6.00. The molecule has 1 aliphatic rings. The van der Waals surface area contributed by atoms with Crippen LogP contribution in [0.2, 0.25) is 0 Å². The molecule has 2 aromatic rings. The minimum absolute atomic E-state index is 0.0229. The number of aliphatic hydroxyl groups excluding tert-OH is 1. The number of phenols is 2. The number of rotatable bonds is 17. The van der Waals surface area contributed by atoms with E-state index in [1.165, 1.54) is 99.8 Å². The van der Waals surface area contributed by atoms with Gasteiger partial charge in [0.15, 0.2) is 5.43 Å². The maximum atomic E-state index is 15.1. The molecule has 3 rings (SSSR count). The Kier molecular flexibility index (Phi) is 36.5. The zero-order valence-electron chi connectivity index (χ0n) is 67.2. The maximum Gasteiger partial charge on any atom is 0.246 e. The number of aromatic hydroxyl groups is 2. The first-order valence-corrected chi connectivity index (χ1v) is 36.6. The number of carbonyl (C=O) groups is 11. The van der Waals surface area contributed by atoms with Crippen molar-refractivity contribution in [3.05, 3.63) is 57.5 Å². The van der Waals surface area contributed by atoms with Crippen LogP contribution in [-0.2, 0) is 59.2 Å². The van der Waals surface area contributed by atoms with Crippen molar-refractivity contribution in [3.8, 4) is 11.5 Å². The van der Waals surface area contributed by atoms with Crippen molar-refractivity contribution in [2.45, 2.75) is 250 Å². The molecule has 1 saturated heterocycles. The van der Waals surface area contributed by atoms with Gasteiger partial charge in [0.25, 0.3) is 0 Å². The van der Waals surface area contributed by atoms with Crippen molar-refractivity contribution in [1.82, 2.24) is 55.6 Å². The number of hydrogen-bond acceptors (Lipinski definition) is 16. The smallest absolute Gasteiger partial charge is 0.246 e. The van der Waals surface area contributed by atoms with Crippen molar-refractivity contribution >= 4 is 75.9 Å². The molecule has 0 radical (unpaired) electrons. The third kappa shape index (κ3) is 25.2. The lowest BCUT2D eigenvalue weighted by Crippen LogP contribution is -2.63. The fourth-order valence-electron chi connectivity index (χ4n) is 12.6. The largest absolute Gasteiger partial charge is 0.507 e. The molecule has 7 N–H and O–H groups in total. The number of likely N-dealkylation sites (N-methyl/N-ethyl adjacent to an activating group) is 7. The third-order valence-corrected chi connectivity index (χ3v) is 19.0. The summed E-state index contributed by atoms with van der Waals surface area (Å²) in [6.07, 6.45) is 5.28. The van der Waals surface area contributed by atoms with Crippen LogP contribution in [0.4, 0.5) is 0 Å². The number of benzene rings is 1. The first-order valence-electron chi connectivity index (χ1n) is 36.6. The Hall–Kier alpha value is -8.36. The summed E-state index contributed by atoms with van der Waals surface area (Å²) in [5.41, 5.74) is 1.29. The highest BCUT2D eigenvalue weighted by atomic mass is 16.3. The number of aryl methyl sites for hydroxylation is 1. The summed E-state index contributed by atoms with van der Waals surface area (Å²) in [5.74, 6) is -9.55. The van der Waals surface area contributed by atoms with E-state index in [1.54, 1.807) is 61.5 Å². The van der Waals surface area contributed by atoms with Crippen molar-refractivity contribution in [3.63, 3.8) is 0 Å². The lowest BCUT2D eigenvalue weighted by Gasteiger charge is -2.41. The Labute approximate surface area is 617 Å². The Morgan fingerprint density at radius 2 is 1.01 bits per heavy atom. The number of fused-ring (bicyclic) bond motifs is 1. The molecule has 1 fully saturated rings. The number of carbonyl (C=O) groups excluding carboxylic acids is 11. The van der Waals surface area contributed by atoms with Crippen LogP contribution in [0.1, 0.15) is 181 Å². The number of amides is 11. The Bertz CT molecular complexity index is 3430. The second-order valence-corrected chi connectivity index (χ2v) is 30.9. The van der Waals surface area contributed by atoms with Crippen molar-refractivity contribution in [1.29, 1.82) is 0 Å². The second-order valence-electron chi connectivity index (χ2n) is 30.9. The molecular formula is C77H127N11O16. The van der Waals surface area contributed by atoms with Crippen molar-refractivity contribution < 1.29 is 72.5 Å². The van der Waals surface area contributed by atoms with Gasteiger partial charge in [0.05, 0.1) is 12.6 Å². The molecule has 11 amide bonds. The number of phenolic OH excluding ortho intramolecular Hbond substituents is 2. The highest BCUT2D eigenvalue weighted by Gasteiger charge is 2.46. The average molecular weight is 1460 g/mol. The molecule has 0 aliphatic carbocycles. The second kappa shape index (κ2) is 41.4. The van der Waals surface area contributed by atoms with Crippen LogP contribution >= 0.6 is 0 Å². The average Bonchev–Trinajstić information content (AvgIpc) is 0.783. The summed E-state index contributed by atoms with van der Waals surface area (Å²) in [4.78, 5) is 180. The van der Waals surface area contributed by atoms with Crippen LogP contribution in [-0.4, -0.2) is 237 Å². The Balaban J connectivity index is 0.00000165. The molecule has 27 nitrogen and oxygen atoms in total. The van der Waals surface area contributed by atoms with Gasteiger partial charge in [-0.3, -0.25) is 57.5 Å². The predicted octanol–water partition coefficient (Wildman–Crippen LogP) is 6.29. The Morgan fingerprint density at radius 3 is 1.49 bits per heavy atom. The van der Waals surface area contributed by atoms with Crippen LogP contribution in [0.3, 0.4) is 0 Å². The van der Waals surface area contributed by atoms with Gasteiger partial charge in [0.1, 0.15) is 88.6 Å². The lowest BCUT2D eigenvalue weighted by atomic mass is 9.91. The topological polar surface area (TPSA) is 349 Å². The summed E-state index contributed by atoms with van der Waals surface area (Å²) in [6, 6.07) is -9.63. The molecule has 12 unspecified atom stereocenters. The van der Waals surface area contributed by atoms with E-state index in [1.807, 2.05) is 81.4 Å². The standard InChI is InChI=1S/C62H111N11O12.C15H16O4/c1-25-27-28-40(15)52(75)51-56(79)65-43(26-2)58(81)67(18)33-48(74)68(19)44(29-34(3)4)55(78)66-49(38(11)12)61(84)69(20)45(30-35(5)6)54(77)63-41(16)53(76)64-42(17)57(80)70(21)46(31-36(7)8)59(82)71(22)47(32-37(9)10)60(83)72(23)50(39(13)14)62(85)73(51)24;1-8(2)4-5-10-11(16)7-13-14(15(10)18)12(17)6-9(3)19-13/h25,27,34-47,49-52,75H,26,28-33H2,1-24H3,(H,63,77)(H,64,76)(H,65,79)(H,66,78);4,6-7,16,18H,5H2,1-3H3. The van der Waals surface area contributed by atoms with Gasteiger partial charge in [-0.1, -0.05) is 121 Å². The van der Waals surface area contributed by atoms with Gasteiger partial charge in [0, 0.05) is 67.0 Å². The Morgan fingerprint density at radius 1 is 0.548 bits per heavy atom. The summed E-state index contributed by atoms with van der Waals surface area (Å²) in [6.45, 7) is 34.8. The number of nitrogens with zero attached hydrogens (tertiary/aromatic N) is 7. The van der Waals surface area contributed by atoms with E-state index in [2.05, 4.69) is 21.3 Å². The van der Waals surface area contributed by atoms with Crippen LogP contribution in [0.15, 0.2) is 45.1 Å². The van der Waals surface area contributed by atoms with Gasteiger partial charge in [0.2, 0.25) is 65.0 Å². The number of hydrogen-bond donors (Lipinski definition) is 7.